The van der Waals surface area contributed by atoms with E-state index in [-0.39, 0.29) is 5.91 Å². The van der Waals surface area contributed by atoms with Gasteiger partial charge in [0.05, 0.1) is 36.2 Å². The molecule has 0 aliphatic carbocycles. The Balaban J connectivity index is 2.12. The first-order valence-corrected chi connectivity index (χ1v) is 7.74. The minimum absolute atomic E-state index is 0.329. The molecule has 1 amide bonds. The van der Waals surface area contributed by atoms with E-state index >= 15 is 0 Å². The third kappa shape index (κ3) is 4.13. The molecule has 0 aliphatic heterocycles. The Morgan fingerprint density at radius 3 is 2.87 bits per heavy atom. The van der Waals surface area contributed by atoms with E-state index < -0.39 is 0 Å². The van der Waals surface area contributed by atoms with Crippen LogP contribution in [0.4, 0.5) is 0 Å². The highest BCUT2D eigenvalue weighted by Gasteiger charge is 2.12. The standard InChI is InChI=1S/C16H17BrN2O4/c1-4-22-15-13(17)7-11(8-14(15)21-3)9-18-19-16(20)12-5-6-23-10(12)2/h5-9H,4H2,1-3H3,(H,19,20)/b18-9-. The van der Waals surface area contributed by atoms with Gasteiger partial charge >= 0.3 is 0 Å². The van der Waals surface area contributed by atoms with Crippen molar-refractivity contribution in [1.29, 1.82) is 0 Å². The molecule has 7 heteroatoms. The molecule has 0 aliphatic rings. The molecule has 0 bridgehead atoms. The Morgan fingerprint density at radius 2 is 2.26 bits per heavy atom. The van der Waals surface area contributed by atoms with Crippen LogP contribution in [0.15, 0.2) is 38.5 Å². The smallest absolute Gasteiger partial charge is 0.274 e. The molecule has 0 spiro atoms. The summed E-state index contributed by atoms with van der Waals surface area (Å²) in [6.07, 6.45) is 2.98. The molecule has 1 N–H and O–H groups in total. The minimum atomic E-state index is -0.329. The number of rotatable bonds is 6. The maximum Gasteiger partial charge on any atom is 0.274 e. The summed E-state index contributed by atoms with van der Waals surface area (Å²) < 4.78 is 16.7. The van der Waals surface area contributed by atoms with Gasteiger partial charge in [-0.15, -0.1) is 0 Å². The lowest BCUT2D eigenvalue weighted by Crippen LogP contribution is -2.17. The van der Waals surface area contributed by atoms with Gasteiger partial charge in [0.1, 0.15) is 5.76 Å². The Bertz CT molecular complexity index is 725. The van der Waals surface area contributed by atoms with E-state index in [1.807, 2.05) is 13.0 Å². The Hall–Kier alpha value is -2.28. The highest BCUT2D eigenvalue weighted by atomic mass is 79.9. The van der Waals surface area contributed by atoms with Gasteiger partial charge in [-0.3, -0.25) is 4.79 Å². The maximum atomic E-state index is 11.9. The number of nitrogens with one attached hydrogen (secondary N) is 1. The van der Waals surface area contributed by atoms with Gasteiger partial charge in [-0.25, -0.2) is 5.43 Å². The second-order valence-corrected chi connectivity index (χ2v) is 5.41. The molecule has 23 heavy (non-hydrogen) atoms. The van der Waals surface area contributed by atoms with Gasteiger partial charge in [0.15, 0.2) is 11.5 Å². The van der Waals surface area contributed by atoms with Crippen LogP contribution in [-0.2, 0) is 0 Å². The molecule has 1 aromatic heterocycles. The van der Waals surface area contributed by atoms with Crippen molar-refractivity contribution in [3.05, 3.63) is 45.8 Å². The molecule has 0 radical (unpaired) electrons. The number of halogens is 1. The van der Waals surface area contributed by atoms with E-state index in [1.54, 1.807) is 26.2 Å². The number of amides is 1. The maximum absolute atomic E-state index is 11.9. The van der Waals surface area contributed by atoms with Gasteiger partial charge in [0.2, 0.25) is 0 Å². The lowest BCUT2D eigenvalue weighted by atomic mass is 10.2. The fourth-order valence-electron chi connectivity index (χ4n) is 1.94. The zero-order valence-electron chi connectivity index (χ0n) is 13.1. The van der Waals surface area contributed by atoms with Gasteiger partial charge in [0, 0.05) is 0 Å². The van der Waals surface area contributed by atoms with Crippen molar-refractivity contribution in [2.24, 2.45) is 5.10 Å². The topological polar surface area (TPSA) is 73.1 Å². The summed E-state index contributed by atoms with van der Waals surface area (Å²) in [5.41, 5.74) is 3.66. The van der Waals surface area contributed by atoms with E-state index in [9.17, 15) is 4.79 Å². The third-order valence-electron chi connectivity index (χ3n) is 3.02. The summed E-state index contributed by atoms with van der Waals surface area (Å²) in [6, 6.07) is 5.19. The van der Waals surface area contributed by atoms with Crippen molar-refractivity contribution >= 4 is 28.1 Å². The van der Waals surface area contributed by atoms with E-state index in [1.165, 1.54) is 12.5 Å². The number of aryl methyl sites for hydroxylation is 1. The number of carbonyl (C=O) groups excluding carboxylic acids is 1. The molecular weight excluding hydrogens is 364 g/mol. The number of hydrazone groups is 1. The van der Waals surface area contributed by atoms with Crippen LogP contribution in [0.2, 0.25) is 0 Å². The first-order chi connectivity index (χ1) is 11.1. The van der Waals surface area contributed by atoms with Crippen LogP contribution in [0, 0.1) is 6.92 Å². The largest absolute Gasteiger partial charge is 0.493 e. The van der Waals surface area contributed by atoms with Crippen molar-refractivity contribution in [3.63, 3.8) is 0 Å². The molecular formula is C16H17BrN2O4. The zero-order valence-corrected chi connectivity index (χ0v) is 14.6. The second kappa shape index (κ2) is 7.82. The number of ether oxygens (including phenoxy) is 2. The molecule has 2 aromatic rings. The Kier molecular flexibility index (Phi) is 5.81. The number of furan rings is 1. The van der Waals surface area contributed by atoms with Crippen molar-refractivity contribution in [2.45, 2.75) is 13.8 Å². The van der Waals surface area contributed by atoms with E-state index in [0.717, 1.165) is 10.0 Å². The summed E-state index contributed by atoms with van der Waals surface area (Å²) in [4.78, 5) is 11.9. The predicted octanol–water partition coefficient (Wildman–Crippen LogP) is 3.52. The summed E-state index contributed by atoms with van der Waals surface area (Å²) in [6.45, 7) is 4.14. The highest BCUT2D eigenvalue weighted by Crippen LogP contribution is 2.36. The molecule has 2 rings (SSSR count). The van der Waals surface area contributed by atoms with Crippen LogP contribution in [0.5, 0.6) is 11.5 Å². The Morgan fingerprint density at radius 1 is 1.48 bits per heavy atom. The van der Waals surface area contributed by atoms with Crippen molar-refractivity contribution < 1.29 is 18.7 Å². The molecule has 1 heterocycles. The normalized spacial score (nSPS) is 10.8. The predicted molar refractivity (Wildman–Crippen MR) is 90.4 cm³/mol. The zero-order chi connectivity index (χ0) is 16.8. The number of benzene rings is 1. The van der Waals surface area contributed by atoms with Crippen LogP contribution in [0.25, 0.3) is 0 Å². The quantitative estimate of drug-likeness (QED) is 0.614. The van der Waals surface area contributed by atoms with Crippen molar-refractivity contribution in [2.75, 3.05) is 13.7 Å². The molecule has 1 aromatic carbocycles. The van der Waals surface area contributed by atoms with Crippen LogP contribution >= 0.6 is 15.9 Å². The van der Waals surface area contributed by atoms with Gasteiger partial charge < -0.3 is 13.9 Å². The molecule has 0 unspecified atom stereocenters. The first kappa shape index (κ1) is 17.1. The van der Waals surface area contributed by atoms with Crippen molar-refractivity contribution in [1.82, 2.24) is 5.43 Å². The lowest BCUT2D eigenvalue weighted by Gasteiger charge is -2.11. The van der Waals surface area contributed by atoms with Crippen LogP contribution in [0.3, 0.4) is 0 Å². The van der Waals surface area contributed by atoms with Gasteiger partial charge in [0.25, 0.3) is 5.91 Å². The number of nitrogens with zero attached hydrogens (tertiary/aromatic N) is 1. The molecule has 0 fully saturated rings. The fourth-order valence-corrected chi connectivity index (χ4v) is 2.52. The number of hydrogen-bond donors (Lipinski definition) is 1. The fraction of sp³-hybridized carbons (Fsp3) is 0.250. The SMILES string of the molecule is CCOc1c(Br)cc(/C=N\NC(=O)c2ccoc2C)cc1OC. The number of carbonyl (C=O) groups is 1. The van der Waals surface area contributed by atoms with E-state index in [0.29, 0.717) is 29.4 Å². The average molecular weight is 381 g/mol. The van der Waals surface area contributed by atoms with Gasteiger partial charge in [-0.1, -0.05) is 0 Å². The monoisotopic (exact) mass is 380 g/mol. The lowest BCUT2D eigenvalue weighted by molar-refractivity contribution is 0.0953. The molecule has 0 atom stereocenters. The Labute approximate surface area is 142 Å². The van der Waals surface area contributed by atoms with Crippen LogP contribution in [0.1, 0.15) is 28.6 Å². The number of hydrogen-bond acceptors (Lipinski definition) is 5. The van der Waals surface area contributed by atoms with Gasteiger partial charge in [-0.2, -0.15) is 5.10 Å². The molecule has 6 nitrogen and oxygen atoms in total. The highest BCUT2D eigenvalue weighted by molar-refractivity contribution is 9.10. The van der Waals surface area contributed by atoms with Crippen LogP contribution in [-0.4, -0.2) is 25.8 Å². The average Bonchev–Trinajstić information content (AvgIpc) is 2.95. The molecule has 0 saturated heterocycles. The van der Waals surface area contributed by atoms with E-state index in [2.05, 4.69) is 26.5 Å². The summed E-state index contributed by atoms with van der Waals surface area (Å²) in [5.74, 6) is 1.43. The number of methoxy groups -OCH3 is 1. The first-order valence-electron chi connectivity index (χ1n) is 6.94. The molecule has 0 saturated carbocycles. The summed E-state index contributed by atoms with van der Waals surface area (Å²) >= 11 is 3.44. The van der Waals surface area contributed by atoms with E-state index in [4.69, 9.17) is 13.9 Å². The third-order valence-corrected chi connectivity index (χ3v) is 3.61. The summed E-state index contributed by atoms with van der Waals surface area (Å²) in [5, 5.41) is 3.95. The minimum Gasteiger partial charge on any atom is -0.493 e. The second-order valence-electron chi connectivity index (χ2n) is 4.56. The van der Waals surface area contributed by atoms with Crippen LogP contribution < -0.4 is 14.9 Å². The van der Waals surface area contributed by atoms with Crippen molar-refractivity contribution in [3.8, 4) is 11.5 Å². The summed E-state index contributed by atoms with van der Waals surface area (Å²) in [7, 11) is 1.56. The molecule has 122 valence electrons. The van der Waals surface area contributed by atoms with Gasteiger partial charge in [-0.05, 0) is 53.5 Å².